The summed E-state index contributed by atoms with van der Waals surface area (Å²) in [6.07, 6.45) is 2.55. The number of hydrogen-bond donors (Lipinski definition) is 1. The molecule has 1 nitrogen and oxygen atoms in total. The van der Waals surface area contributed by atoms with Crippen LogP contribution < -0.4 is 5.73 Å². The molecule has 0 fully saturated rings. The summed E-state index contributed by atoms with van der Waals surface area (Å²) in [4.78, 5) is 0. The van der Waals surface area contributed by atoms with Crippen LogP contribution in [-0.4, -0.2) is 6.54 Å². The van der Waals surface area contributed by atoms with E-state index in [-0.39, 0.29) is 0 Å². The summed E-state index contributed by atoms with van der Waals surface area (Å²) in [5.74, 6) is 0.811. The Hall–Kier alpha value is -0.0400. The number of rotatable bonds is 4. The van der Waals surface area contributed by atoms with E-state index in [2.05, 4.69) is 27.7 Å². The molecule has 0 aromatic rings. The molecule has 0 aromatic carbocycles. The number of hydrogen-bond acceptors (Lipinski definition) is 1. The van der Waals surface area contributed by atoms with E-state index in [1.807, 2.05) is 0 Å². The van der Waals surface area contributed by atoms with Gasteiger partial charge in [0.05, 0.1) is 0 Å². The summed E-state index contributed by atoms with van der Waals surface area (Å²) in [5, 5.41) is 0. The second-order valence-corrected chi connectivity index (χ2v) is 4.30. The third-order valence-corrected chi connectivity index (χ3v) is 1.95. The molecule has 0 aliphatic carbocycles. The average molecular weight is 143 g/mol. The molecule has 0 aromatic heterocycles. The highest BCUT2D eigenvalue weighted by Crippen LogP contribution is 2.22. The van der Waals surface area contributed by atoms with Gasteiger partial charge in [-0.1, -0.05) is 34.1 Å². The second-order valence-electron chi connectivity index (χ2n) is 4.30. The first-order valence-electron chi connectivity index (χ1n) is 4.18. The van der Waals surface area contributed by atoms with Gasteiger partial charge in [-0.3, -0.25) is 0 Å². The molecular formula is C9H21N. The van der Waals surface area contributed by atoms with Crippen LogP contribution in [0.3, 0.4) is 0 Å². The van der Waals surface area contributed by atoms with Crippen molar-refractivity contribution in [3.8, 4) is 0 Å². The first kappa shape index (κ1) is 9.96. The minimum absolute atomic E-state index is 0.351. The molecule has 0 aliphatic heterocycles. The Kier molecular flexibility index (Phi) is 3.95. The Morgan fingerprint density at radius 2 is 1.80 bits per heavy atom. The van der Waals surface area contributed by atoms with E-state index < -0.39 is 0 Å². The standard InChI is InChI=1S/C9H21N/c1-8(2)5-6-9(3,4)7-10/h8H,5-7,10H2,1-4H3. The first-order chi connectivity index (χ1) is 4.48. The van der Waals surface area contributed by atoms with Crippen LogP contribution in [0.1, 0.15) is 40.5 Å². The molecule has 0 atom stereocenters. The van der Waals surface area contributed by atoms with Gasteiger partial charge in [-0.15, -0.1) is 0 Å². The van der Waals surface area contributed by atoms with Gasteiger partial charge in [-0.2, -0.15) is 0 Å². The quantitative estimate of drug-likeness (QED) is 0.642. The monoisotopic (exact) mass is 143 g/mol. The molecular weight excluding hydrogens is 122 g/mol. The van der Waals surface area contributed by atoms with Crippen LogP contribution in [0, 0.1) is 11.3 Å². The SMILES string of the molecule is CC(C)CCC(C)(C)CN. The van der Waals surface area contributed by atoms with E-state index >= 15 is 0 Å². The summed E-state index contributed by atoms with van der Waals surface area (Å²) in [6, 6.07) is 0. The van der Waals surface area contributed by atoms with Gasteiger partial charge in [0.2, 0.25) is 0 Å². The zero-order valence-electron chi connectivity index (χ0n) is 7.78. The first-order valence-corrected chi connectivity index (χ1v) is 4.18. The van der Waals surface area contributed by atoms with Crippen molar-refractivity contribution in [3.05, 3.63) is 0 Å². The zero-order chi connectivity index (χ0) is 8.20. The van der Waals surface area contributed by atoms with E-state index in [4.69, 9.17) is 5.73 Å². The fourth-order valence-corrected chi connectivity index (χ4v) is 0.781. The fraction of sp³-hybridized carbons (Fsp3) is 1.00. The second kappa shape index (κ2) is 3.97. The summed E-state index contributed by atoms with van der Waals surface area (Å²) in [6.45, 7) is 9.78. The highest BCUT2D eigenvalue weighted by Gasteiger charge is 2.14. The maximum Gasteiger partial charge on any atom is -0.00258 e. The summed E-state index contributed by atoms with van der Waals surface area (Å²) in [5.41, 5.74) is 5.94. The van der Waals surface area contributed by atoms with Crippen molar-refractivity contribution in [2.75, 3.05) is 6.54 Å². The Balaban J connectivity index is 3.46. The van der Waals surface area contributed by atoms with E-state index in [1.54, 1.807) is 0 Å². The molecule has 0 saturated heterocycles. The molecule has 2 N–H and O–H groups in total. The van der Waals surface area contributed by atoms with Crippen LogP contribution >= 0.6 is 0 Å². The molecule has 0 aliphatic rings. The van der Waals surface area contributed by atoms with Crippen molar-refractivity contribution in [1.29, 1.82) is 0 Å². The normalized spacial score (nSPS) is 12.6. The number of nitrogens with two attached hydrogens (primary N) is 1. The summed E-state index contributed by atoms with van der Waals surface area (Å²) < 4.78 is 0. The van der Waals surface area contributed by atoms with Gasteiger partial charge < -0.3 is 5.73 Å². The van der Waals surface area contributed by atoms with Crippen molar-refractivity contribution in [2.24, 2.45) is 17.1 Å². The van der Waals surface area contributed by atoms with E-state index in [0.29, 0.717) is 5.41 Å². The lowest BCUT2D eigenvalue weighted by atomic mass is 9.86. The largest absolute Gasteiger partial charge is 0.330 e. The van der Waals surface area contributed by atoms with Crippen molar-refractivity contribution in [3.63, 3.8) is 0 Å². The third kappa shape index (κ3) is 4.80. The Morgan fingerprint density at radius 1 is 1.30 bits per heavy atom. The van der Waals surface area contributed by atoms with Gasteiger partial charge in [0, 0.05) is 0 Å². The Morgan fingerprint density at radius 3 is 2.10 bits per heavy atom. The fourth-order valence-electron chi connectivity index (χ4n) is 0.781. The van der Waals surface area contributed by atoms with Crippen LogP contribution in [-0.2, 0) is 0 Å². The van der Waals surface area contributed by atoms with Crippen LogP contribution in [0.2, 0.25) is 0 Å². The summed E-state index contributed by atoms with van der Waals surface area (Å²) >= 11 is 0. The van der Waals surface area contributed by atoms with Gasteiger partial charge >= 0.3 is 0 Å². The van der Waals surface area contributed by atoms with Crippen molar-refractivity contribution in [1.82, 2.24) is 0 Å². The molecule has 0 unspecified atom stereocenters. The van der Waals surface area contributed by atoms with Crippen LogP contribution in [0.4, 0.5) is 0 Å². The molecule has 0 saturated carbocycles. The highest BCUT2D eigenvalue weighted by molar-refractivity contribution is 4.69. The molecule has 0 rings (SSSR count). The minimum atomic E-state index is 0.351. The molecule has 62 valence electrons. The Labute approximate surface area is 65.0 Å². The van der Waals surface area contributed by atoms with Gasteiger partial charge in [0.1, 0.15) is 0 Å². The predicted molar refractivity (Wildman–Crippen MR) is 46.9 cm³/mol. The lowest BCUT2D eigenvalue weighted by Gasteiger charge is -2.22. The molecule has 0 radical (unpaired) electrons. The van der Waals surface area contributed by atoms with Crippen molar-refractivity contribution in [2.45, 2.75) is 40.5 Å². The smallest absolute Gasteiger partial charge is 0.00258 e. The van der Waals surface area contributed by atoms with Gasteiger partial charge in [-0.05, 0) is 24.3 Å². The lowest BCUT2D eigenvalue weighted by Crippen LogP contribution is -2.23. The van der Waals surface area contributed by atoms with Crippen molar-refractivity contribution < 1.29 is 0 Å². The van der Waals surface area contributed by atoms with E-state index in [1.165, 1.54) is 12.8 Å². The van der Waals surface area contributed by atoms with Gasteiger partial charge in [-0.25, -0.2) is 0 Å². The van der Waals surface area contributed by atoms with Gasteiger partial charge in [0.25, 0.3) is 0 Å². The predicted octanol–water partition coefficient (Wildman–Crippen LogP) is 2.41. The van der Waals surface area contributed by atoms with E-state index in [9.17, 15) is 0 Å². The van der Waals surface area contributed by atoms with Crippen molar-refractivity contribution >= 4 is 0 Å². The van der Waals surface area contributed by atoms with Crippen LogP contribution in [0.5, 0.6) is 0 Å². The zero-order valence-corrected chi connectivity index (χ0v) is 7.78. The van der Waals surface area contributed by atoms with Gasteiger partial charge in [0.15, 0.2) is 0 Å². The maximum absolute atomic E-state index is 5.59. The van der Waals surface area contributed by atoms with Crippen LogP contribution in [0.25, 0.3) is 0 Å². The molecule has 0 spiro atoms. The van der Waals surface area contributed by atoms with E-state index in [0.717, 1.165) is 12.5 Å². The molecule has 10 heavy (non-hydrogen) atoms. The Bertz CT molecular complexity index is 84.7. The molecule has 0 amide bonds. The topological polar surface area (TPSA) is 26.0 Å². The third-order valence-electron chi connectivity index (χ3n) is 1.95. The molecule has 0 heterocycles. The molecule has 0 bridgehead atoms. The lowest BCUT2D eigenvalue weighted by molar-refractivity contribution is 0.314. The highest BCUT2D eigenvalue weighted by atomic mass is 14.6. The minimum Gasteiger partial charge on any atom is -0.330 e. The summed E-state index contributed by atoms with van der Waals surface area (Å²) in [7, 11) is 0. The average Bonchev–Trinajstić information content (AvgIpc) is 1.85. The maximum atomic E-state index is 5.59. The van der Waals surface area contributed by atoms with Crippen LogP contribution in [0.15, 0.2) is 0 Å². The molecule has 1 heteroatoms.